The zero-order valence-corrected chi connectivity index (χ0v) is 13.1. The number of nitrogens with zero attached hydrogens (tertiary/aromatic N) is 1. The van der Waals surface area contributed by atoms with Crippen LogP contribution in [-0.2, 0) is 11.2 Å². The van der Waals surface area contributed by atoms with Crippen LogP contribution < -0.4 is 10.6 Å². The van der Waals surface area contributed by atoms with E-state index in [2.05, 4.69) is 15.6 Å². The van der Waals surface area contributed by atoms with Gasteiger partial charge in [0.25, 0.3) is 0 Å². The lowest BCUT2D eigenvalue weighted by molar-refractivity contribution is -0.119. The van der Waals surface area contributed by atoms with Crippen LogP contribution in [0.5, 0.6) is 0 Å². The summed E-state index contributed by atoms with van der Waals surface area (Å²) < 4.78 is 0. The van der Waals surface area contributed by atoms with Crippen LogP contribution in [0.4, 0.5) is 5.69 Å². The standard InChI is InChI=1S/C14H11Cl2N3OS/c15-10-3-1-9(2-4-10)7-13(20)19-14(21)18-11-5-6-12(16)17-8-11/h1-6,8H,7H2,(H2,18,19,20,21). The summed E-state index contributed by atoms with van der Waals surface area (Å²) in [7, 11) is 0. The van der Waals surface area contributed by atoms with E-state index in [4.69, 9.17) is 35.4 Å². The molecule has 0 fully saturated rings. The fourth-order valence-electron chi connectivity index (χ4n) is 1.57. The SMILES string of the molecule is O=C(Cc1ccc(Cl)cc1)NC(=S)Nc1ccc(Cl)nc1. The van der Waals surface area contributed by atoms with Crippen molar-refractivity contribution in [2.45, 2.75) is 6.42 Å². The van der Waals surface area contributed by atoms with Crippen LogP contribution in [0.2, 0.25) is 10.2 Å². The van der Waals surface area contributed by atoms with E-state index in [1.54, 1.807) is 36.4 Å². The number of benzene rings is 1. The Morgan fingerprint density at radius 1 is 1.14 bits per heavy atom. The summed E-state index contributed by atoms with van der Waals surface area (Å²) in [5, 5.41) is 6.67. The number of hydrogen-bond acceptors (Lipinski definition) is 3. The van der Waals surface area contributed by atoms with Crippen LogP contribution in [0.25, 0.3) is 0 Å². The first kappa shape index (κ1) is 15.7. The van der Waals surface area contributed by atoms with Crippen molar-refractivity contribution in [3.05, 3.63) is 58.3 Å². The van der Waals surface area contributed by atoms with Gasteiger partial charge in [-0.3, -0.25) is 4.79 Å². The monoisotopic (exact) mass is 339 g/mol. The number of amides is 1. The summed E-state index contributed by atoms with van der Waals surface area (Å²) >= 11 is 16.5. The molecule has 0 spiro atoms. The third kappa shape index (κ3) is 5.30. The number of pyridine rings is 1. The van der Waals surface area contributed by atoms with Crippen molar-refractivity contribution in [2.75, 3.05) is 5.32 Å². The molecule has 0 aliphatic carbocycles. The highest BCUT2D eigenvalue weighted by Crippen LogP contribution is 2.11. The molecular formula is C14H11Cl2N3OS. The first-order valence-electron chi connectivity index (χ1n) is 6.00. The quantitative estimate of drug-likeness (QED) is 0.664. The number of halogens is 2. The average molecular weight is 340 g/mol. The van der Waals surface area contributed by atoms with E-state index in [-0.39, 0.29) is 17.4 Å². The number of aromatic nitrogens is 1. The number of nitrogens with one attached hydrogen (secondary N) is 2. The summed E-state index contributed by atoms with van der Waals surface area (Å²) in [6, 6.07) is 10.4. The highest BCUT2D eigenvalue weighted by atomic mass is 35.5. The maximum Gasteiger partial charge on any atom is 0.230 e. The highest BCUT2D eigenvalue weighted by Gasteiger charge is 2.06. The predicted molar refractivity (Wildman–Crippen MR) is 88.8 cm³/mol. The third-order valence-corrected chi connectivity index (χ3v) is 3.20. The molecule has 1 aromatic heterocycles. The zero-order valence-electron chi connectivity index (χ0n) is 10.8. The molecular weight excluding hydrogens is 329 g/mol. The molecule has 21 heavy (non-hydrogen) atoms. The highest BCUT2D eigenvalue weighted by molar-refractivity contribution is 7.80. The van der Waals surface area contributed by atoms with Crippen LogP contribution in [0, 0.1) is 0 Å². The smallest absolute Gasteiger partial charge is 0.230 e. The maximum atomic E-state index is 11.8. The van der Waals surface area contributed by atoms with Gasteiger partial charge in [-0.05, 0) is 42.0 Å². The molecule has 0 bridgehead atoms. The second kappa shape index (κ2) is 7.36. The fourth-order valence-corrected chi connectivity index (χ4v) is 2.04. The first-order chi connectivity index (χ1) is 10.0. The van der Waals surface area contributed by atoms with Crippen molar-refractivity contribution in [3.8, 4) is 0 Å². The lowest BCUT2D eigenvalue weighted by Gasteiger charge is -2.09. The summed E-state index contributed by atoms with van der Waals surface area (Å²) in [4.78, 5) is 15.7. The van der Waals surface area contributed by atoms with Gasteiger partial charge >= 0.3 is 0 Å². The third-order valence-electron chi connectivity index (χ3n) is 2.52. The minimum atomic E-state index is -0.211. The van der Waals surface area contributed by atoms with Crippen LogP contribution in [0.1, 0.15) is 5.56 Å². The normalized spacial score (nSPS) is 10.0. The Bertz CT molecular complexity index is 587. The molecule has 4 nitrogen and oxygen atoms in total. The summed E-state index contributed by atoms with van der Waals surface area (Å²) in [6.07, 6.45) is 1.75. The van der Waals surface area contributed by atoms with Crippen molar-refractivity contribution < 1.29 is 4.79 Å². The van der Waals surface area contributed by atoms with Gasteiger partial charge < -0.3 is 10.6 Å². The van der Waals surface area contributed by atoms with Gasteiger partial charge in [-0.2, -0.15) is 0 Å². The predicted octanol–water partition coefficient (Wildman–Crippen LogP) is 3.44. The minimum Gasteiger partial charge on any atom is -0.331 e. The molecule has 108 valence electrons. The molecule has 2 aromatic rings. The molecule has 2 rings (SSSR count). The number of rotatable bonds is 3. The van der Waals surface area contributed by atoms with E-state index < -0.39 is 0 Å². The van der Waals surface area contributed by atoms with E-state index in [9.17, 15) is 4.79 Å². The maximum absolute atomic E-state index is 11.8. The number of thiocarbonyl (C=S) groups is 1. The molecule has 0 radical (unpaired) electrons. The Kier molecular flexibility index (Phi) is 5.50. The molecule has 0 atom stereocenters. The zero-order chi connectivity index (χ0) is 15.2. The second-order valence-electron chi connectivity index (χ2n) is 4.18. The van der Waals surface area contributed by atoms with Gasteiger partial charge in [-0.15, -0.1) is 0 Å². The number of carbonyl (C=O) groups excluding carboxylic acids is 1. The minimum absolute atomic E-state index is 0.207. The van der Waals surface area contributed by atoms with Crippen LogP contribution >= 0.6 is 35.4 Å². The number of anilines is 1. The van der Waals surface area contributed by atoms with Crippen LogP contribution in [-0.4, -0.2) is 16.0 Å². The van der Waals surface area contributed by atoms with Gasteiger partial charge in [-0.1, -0.05) is 35.3 Å². The Labute approximate surface area is 137 Å². The first-order valence-corrected chi connectivity index (χ1v) is 7.16. The van der Waals surface area contributed by atoms with Gasteiger partial charge in [0.05, 0.1) is 18.3 Å². The molecule has 1 amide bonds. The molecule has 0 saturated heterocycles. The molecule has 0 aliphatic rings. The Hall–Kier alpha value is -1.69. The van der Waals surface area contributed by atoms with E-state index in [0.29, 0.717) is 15.9 Å². The van der Waals surface area contributed by atoms with Crippen LogP contribution in [0.3, 0.4) is 0 Å². The Morgan fingerprint density at radius 2 is 1.86 bits per heavy atom. The van der Waals surface area contributed by atoms with E-state index in [1.165, 1.54) is 6.20 Å². The molecule has 7 heteroatoms. The van der Waals surface area contributed by atoms with Crippen molar-refractivity contribution in [2.24, 2.45) is 0 Å². The average Bonchev–Trinajstić information content (AvgIpc) is 2.44. The molecule has 2 N–H and O–H groups in total. The lowest BCUT2D eigenvalue weighted by Crippen LogP contribution is -2.35. The number of carbonyl (C=O) groups is 1. The molecule has 0 aliphatic heterocycles. The van der Waals surface area contributed by atoms with E-state index >= 15 is 0 Å². The summed E-state index contributed by atoms with van der Waals surface area (Å²) in [6.45, 7) is 0. The van der Waals surface area contributed by atoms with Crippen molar-refractivity contribution in [1.29, 1.82) is 0 Å². The van der Waals surface area contributed by atoms with Crippen molar-refractivity contribution >= 4 is 52.1 Å². The van der Waals surface area contributed by atoms with Gasteiger partial charge in [0, 0.05) is 5.02 Å². The van der Waals surface area contributed by atoms with Gasteiger partial charge in [-0.25, -0.2) is 4.98 Å². The lowest BCUT2D eigenvalue weighted by atomic mass is 10.1. The van der Waals surface area contributed by atoms with E-state index in [1.807, 2.05) is 0 Å². The van der Waals surface area contributed by atoms with E-state index in [0.717, 1.165) is 5.56 Å². The topological polar surface area (TPSA) is 54.0 Å². The van der Waals surface area contributed by atoms with Gasteiger partial charge in [0.2, 0.25) is 5.91 Å². The molecule has 0 saturated carbocycles. The Balaban J connectivity index is 1.85. The Morgan fingerprint density at radius 3 is 2.48 bits per heavy atom. The van der Waals surface area contributed by atoms with Gasteiger partial charge in [0.15, 0.2) is 5.11 Å². The van der Waals surface area contributed by atoms with Crippen molar-refractivity contribution in [3.63, 3.8) is 0 Å². The molecule has 0 unspecified atom stereocenters. The molecule has 1 heterocycles. The van der Waals surface area contributed by atoms with Gasteiger partial charge in [0.1, 0.15) is 5.15 Å². The second-order valence-corrected chi connectivity index (χ2v) is 5.41. The largest absolute Gasteiger partial charge is 0.331 e. The summed E-state index contributed by atoms with van der Waals surface area (Å²) in [5.74, 6) is -0.211. The van der Waals surface area contributed by atoms with Crippen molar-refractivity contribution in [1.82, 2.24) is 10.3 Å². The summed E-state index contributed by atoms with van der Waals surface area (Å²) in [5.41, 5.74) is 1.50. The van der Waals surface area contributed by atoms with Crippen LogP contribution in [0.15, 0.2) is 42.6 Å². The fraction of sp³-hybridized carbons (Fsp3) is 0.0714. The molecule has 1 aromatic carbocycles. The number of hydrogen-bond donors (Lipinski definition) is 2.